The summed E-state index contributed by atoms with van der Waals surface area (Å²) in [5.74, 6) is 1.18. The summed E-state index contributed by atoms with van der Waals surface area (Å²) in [7, 11) is 1.98. The van der Waals surface area contributed by atoms with Crippen molar-refractivity contribution >= 4 is 11.0 Å². The fraction of sp³-hybridized carbons (Fsp3) is 0.500. The smallest absolute Gasteiger partial charge is 0.111 e. The SMILES string of the molecule is CCn1c(CCNC)nc2cc(C)c(C)cc21. The maximum atomic E-state index is 4.75. The van der Waals surface area contributed by atoms with Gasteiger partial charge >= 0.3 is 0 Å². The van der Waals surface area contributed by atoms with Crippen LogP contribution in [-0.2, 0) is 13.0 Å². The van der Waals surface area contributed by atoms with Crippen molar-refractivity contribution in [1.82, 2.24) is 14.9 Å². The molecule has 3 heteroatoms. The zero-order chi connectivity index (χ0) is 12.4. The van der Waals surface area contributed by atoms with E-state index in [0.717, 1.165) is 25.0 Å². The summed E-state index contributed by atoms with van der Waals surface area (Å²) in [5, 5.41) is 3.18. The van der Waals surface area contributed by atoms with Gasteiger partial charge in [0.2, 0.25) is 0 Å². The van der Waals surface area contributed by atoms with E-state index in [1.165, 1.54) is 22.5 Å². The summed E-state index contributed by atoms with van der Waals surface area (Å²) in [5.41, 5.74) is 5.05. The molecule has 2 aromatic rings. The van der Waals surface area contributed by atoms with Crippen LogP contribution in [-0.4, -0.2) is 23.1 Å². The van der Waals surface area contributed by atoms with Crippen molar-refractivity contribution in [2.24, 2.45) is 0 Å². The highest BCUT2D eigenvalue weighted by Crippen LogP contribution is 2.21. The fourth-order valence-electron chi connectivity index (χ4n) is 2.21. The van der Waals surface area contributed by atoms with Gasteiger partial charge in [0.15, 0.2) is 0 Å². The monoisotopic (exact) mass is 231 g/mol. The molecule has 1 aromatic heterocycles. The lowest BCUT2D eigenvalue weighted by Crippen LogP contribution is -2.13. The molecule has 0 aliphatic heterocycles. The van der Waals surface area contributed by atoms with Gasteiger partial charge in [-0.15, -0.1) is 0 Å². The zero-order valence-electron chi connectivity index (χ0n) is 11.2. The molecule has 17 heavy (non-hydrogen) atoms. The molecule has 0 amide bonds. The molecule has 1 N–H and O–H groups in total. The zero-order valence-corrected chi connectivity index (χ0v) is 11.2. The fourth-order valence-corrected chi connectivity index (χ4v) is 2.21. The third-order valence-corrected chi connectivity index (χ3v) is 3.36. The first kappa shape index (κ1) is 12.1. The molecule has 0 radical (unpaired) electrons. The molecule has 0 atom stereocenters. The lowest BCUT2D eigenvalue weighted by Gasteiger charge is -2.06. The van der Waals surface area contributed by atoms with Crippen LogP contribution in [0.15, 0.2) is 12.1 Å². The summed E-state index contributed by atoms with van der Waals surface area (Å²) in [4.78, 5) is 4.75. The summed E-state index contributed by atoms with van der Waals surface area (Å²) < 4.78 is 2.32. The van der Waals surface area contributed by atoms with E-state index >= 15 is 0 Å². The lowest BCUT2D eigenvalue weighted by atomic mass is 10.1. The van der Waals surface area contributed by atoms with E-state index in [9.17, 15) is 0 Å². The van der Waals surface area contributed by atoms with Gasteiger partial charge in [-0.25, -0.2) is 4.98 Å². The molecule has 0 spiro atoms. The van der Waals surface area contributed by atoms with Crippen LogP contribution < -0.4 is 5.32 Å². The number of likely N-dealkylation sites (N-methyl/N-ethyl adjacent to an activating group) is 1. The van der Waals surface area contributed by atoms with Crippen LogP contribution in [0.2, 0.25) is 0 Å². The van der Waals surface area contributed by atoms with Crippen LogP contribution in [0.25, 0.3) is 11.0 Å². The number of benzene rings is 1. The number of nitrogens with zero attached hydrogens (tertiary/aromatic N) is 2. The molecule has 0 unspecified atom stereocenters. The number of hydrogen-bond donors (Lipinski definition) is 1. The van der Waals surface area contributed by atoms with Gasteiger partial charge in [0, 0.05) is 19.5 Å². The molecule has 1 heterocycles. The number of aromatic nitrogens is 2. The van der Waals surface area contributed by atoms with Gasteiger partial charge in [0.05, 0.1) is 11.0 Å². The molecule has 1 aromatic carbocycles. The first-order valence-corrected chi connectivity index (χ1v) is 6.28. The van der Waals surface area contributed by atoms with Gasteiger partial charge in [-0.1, -0.05) is 0 Å². The van der Waals surface area contributed by atoms with Gasteiger partial charge in [-0.2, -0.15) is 0 Å². The van der Waals surface area contributed by atoms with Gasteiger partial charge in [-0.3, -0.25) is 0 Å². The van der Waals surface area contributed by atoms with Crippen molar-refractivity contribution < 1.29 is 0 Å². The van der Waals surface area contributed by atoms with Gasteiger partial charge < -0.3 is 9.88 Å². The minimum Gasteiger partial charge on any atom is -0.328 e. The Morgan fingerprint density at radius 1 is 1.24 bits per heavy atom. The molecule has 2 rings (SSSR count). The highest BCUT2D eigenvalue weighted by Gasteiger charge is 2.10. The van der Waals surface area contributed by atoms with E-state index in [1.54, 1.807) is 0 Å². The van der Waals surface area contributed by atoms with Crippen LogP contribution in [0.3, 0.4) is 0 Å². The number of aryl methyl sites for hydroxylation is 3. The lowest BCUT2D eigenvalue weighted by molar-refractivity contribution is 0.681. The minimum atomic E-state index is 0.973. The molecule has 3 nitrogen and oxygen atoms in total. The molecule has 0 bridgehead atoms. The molecular weight excluding hydrogens is 210 g/mol. The molecule has 0 aliphatic rings. The molecule has 0 saturated heterocycles. The second-order valence-electron chi connectivity index (χ2n) is 4.55. The van der Waals surface area contributed by atoms with Crippen molar-refractivity contribution in [3.63, 3.8) is 0 Å². The van der Waals surface area contributed by atoms with E-state index in [2.05, 4.69) is 42.8 Å². The average molecular weight is 231 g/mol. The Labute approximate surface area is 103 Å². The Morgan fingerprint density at radius 2 is 1.94 bits per heavy atom. The maximum absolute atomic E-state index is 4.75. The number of rotatable bonds is 4. The van der Waals surface area contributed by atoms with E-state index in [4.69, 9.17) is 4.98 Å². The molecule has 92 valence electrons. The Kier molecular flexibility index (Phi) is 3.48. The maximum Gasteiger partial charge on any atom is 0.111 e. The second kappa shape index (κ2) is 4.88. The van der Waals surface area contributed by atoms with Gasteiger partial charge in [-0.05, 0) is 51.1 Å². The first-order chi connectivity index (χ1) is 8.17. The Balaban J connectivity index is 2.54. The quantitative estimate of drug-likeness (QED) is 0.876. The molecule has 0 saturated carbocycles. The number of hydrogen-bond acceptors (Lipinski definition) is 2. The van der Waals surface area contributed by atoms with Crippen LogP contribution in [0.1, 0.15) is 23.9 Å². The summed E-state index contributed by atoms with van der Waals surface area (Å²) in [6.07, 6.45) is 0.983. The summed E-state index contributed by atoms with van der Waals surface area (Å²) in [6, 6.07) is 4.45. The van der Waals surface area contributed by atoms with Crippen molar-refractivity contribution in [3.8, 4) is 0 Å². The van der Waals surface area contributed by atoms with Gasteiger partial charge in [0.25, 0.3) is 0 Å². The van der Waals surface area contributed by atoms with Gasteiger partial charge in [0.1, 0.15) is 5.82 Å². The highest BCUT2D eigenvalue weighted by molar-refractivity contribution is 5.78. The normalized spacial score (nSPS) is 11.3. The van der Waals surface area contributed by atoms with Crippen molar-refractivity contribution in [1.29, 1.82) is 0 Å². The second-order valence-corrected chi connectivity index (χ2v) is 4.55. The Morgan fingerprint density at radius 3 is 2.59 bits per heavy atom. The predicted octanol–water partition coefficient (Wildman–Crippen LogP) is 2.43. The number of fused-ring (bicyclic) bond motifs is 1. The average Bonchev–Trinajstić information content (AvgIpc) is 2.64. The van der Waals surface area contributed by atoms with E-state index in [0.29, 0.717) is 0 Å². The van der Waals surface area contributed by atoms with E-state index in [1.807, 2.05) is 7.05 Å². The van der Waals surface area contributed by atoms with E-state index in [-0.39, 0.29) is 0 Å². The van der Waals surface area contributed by atoms with Crippen molar-refractivity contribution in [2.45, 2.75) is 33.7 Å². The molecule has 0 fully saturated rings. The standard InChI is InChI=1S/C14H21N3/c1-5-17-13-9-11(3)10(2)8-12(13)16-14(17)6-7-15-4/h8-9,15H,5-7H2,1-4H3. The highest BCUT2D eigenvalue weighted by atomic mass is 15.1. The summed E-state index contributed by atoms with van der Waals surface area (Å²) >= 11 is 0. The third kappa shape index (κ3) is 2.20. The Hall–Kier alpha value is -1.35. The van der Waals surface area contributed by atoms with Crippen LogP contribution in [0.5, 0.6) is 0 Å². The minimum absolute atomic E-state index is 0.973. The molecule has 0 aliphatic carbocycles. The van der Waals surface area contributed by atoms with Crippen LogP contribution in [0, 0.1) is 13.8 Å². The predicted molar refractivity (Wildman–Crippen MR) is 72.5 cm³/mol. The van der Waals surface area contributed by atoms with Crippen molar-refractivity contribution in [3.05, 3.63) is 29.1 Å². The molecular formula is C14H21N3. The topological polar surface area (TPSA) is 29.9 Å². The van der Waals surface area contributed by atoms with Crippen LogP contribution in [0.4, 0.5) is 0 Å². The number of nitrogens with one attached hydrogen (secondary N) is 1. The van der Waals surface area contributed by atoms with Crippen LogP contribution >= 0.6 is 0 Å². The van der Waals surface area contributed by atoms with E-state index < -0.39 is 0 Å². The number of imidazole rings is 1. The Bertz CT molecular complexity index is 526. The largest absolute Gasteiger partial charge is 0.328 e. The van der Waals surface area contributed by atoms with Crippen molar-refractivity contribution in [2.75, 3.05) is 13.6 Å². The summed E-state index contributed by atoms with van der Waals surface area (Å²) in [6.45, 7) is 8.45. The first-order valence-electron chi connectivity index (χ1n) is 6.28. The third-order valence-electron chi connectivity index (χ3n) is 3.36.